The number of rotatable bonds is 4. The summed E-state index contributed by atoms with van der Waals surface area (Å²) in [7, 11) is 1.77. The molecular formula is C15H22N4O3. The van der Waals surface area contributed by atoms with E-state index in [1.54, 1.807) is 22.8 Å². The number of carbonyl (C=O) groups excluding carboxylic acids is 2. The SMILES string of the molecule is CN1CCC(C(=O)Nc2cnn(CC3CCCO3)c2)CC1=O. The van der Waals surface area contributed by atoms with Crippen LogP contribution >= 0.6 is 0 Å². The van der Waals surface area contributed by atoms with Crippen molar-refractivity contribution in [3.05, 3.63) is 12.4 Å². The van der Waals surface area contributed by atoms with Gasteiger partial charge in [0.05, 0.1) is 24.5 Å². The van der Waals surface area contributed by atoms with Gasteiger partial charge in [-0.15, -0.1) is 0 Å². The molecule has 0 spiro atoms. The standard InChI is InChI=1S/C15H22N4O3/c1-18-5-4-11(7-14(18)20)15(21)17-12-8-16-19(9-12)10-13-3-2-6-22-13/h8-9,11,13H,2-7,10H2,1H3,(H,17,21). The molecule has 2 unspecified atom stereocenters. The maximum absolute atomic E-state index is 12.2. The van der Waals surface area contributed by atoms with Crippen LogP contribution in [-0.2, 0) is 20.9 Å². The van der Waals surface area contributed by atoms with Gasteiger partial charge in [0.1, 0.15) is 0 Å². The van der Waals surface area contributed by atoms with Crippen LogP contribution < -0.4 is 5.32 Å². The number of nitrogens with zero attached hydrogens (tertiary/aromatic N) is 3. The molecule has 3 heterocycles. The fourth-order valence-electron chi connectivity index (χ4n) is 2.94. The van der Waals surface area contributed by atoms with Crippen molar-refractivity contribution in [3.8, 4) is 0 Å². The van der Waals surface area contributed by atoms with E-state index in [0.29, 0.717) is 25.2 Å². The predicted molar refractivity (Wildman–Crippen MR) is 80.2 cm³/mol. The van der Waals surface area contributed by atoms with Crippen LogP contribution in [0.5, 0.6) is 0 Å². The third-order valence-electron chi connectivity index (χ3n) is 4.35. The molecule has 2 fully saturated rings. The van der Waals surface area contributed by atoms with E-state index >= 15 is 0 Å². The summed E-state index contributed by atoms with van der Waals surface area (Å²) in [6, 6.07) is 0. The highest BCUT2D eigenvalue weighted by Gasteiger charge is 2.28. The van der Waals surface area contributed by atoms with Crippen LogP contribution in [0.25, 0.3) is 0 Å². The third-order valence-corrected chi connectivity index (χ3v) is 4.35. The molecule has 0 bridgehead atoms. The quantitative estimate of drug-likeness (QED) is 0.895. The minimum absolute atomic E-state index is 0.0282. The number of hydrogen-bond acceptors (Lipinski definition) is 4. The molecule has 7 nitrogen and oxygen atoms in total. The van der Waals surface area contributed by atoms with Crippen LogP contribution in [-0.4, -0.2) is 52.8 Å². The van der Waals surface area contributed by atoms with Gasteiger partial charge in [0.2, 0.25) is 11.8 Å². The molecule has 0 radical (unpaired) electrons. The van der Waals surface area contributed by atoms with Crippen molar-refractivity contribution < 1.29 is 14.3 Å². The molecule has 120 valence electrons. The minimum Gasteiger partial charge on any atom is -0.376 e. The summed E-state index contributed by atoms with van der Waals surface area (Å²) in [6.45, 7) is 2.16. The van der Waals surface area contributed by atoms with Crippen LogP contribution in [0.4, 0.5) is 5.69 Å². The number of hydrogen-bond donors (Lipinski definition) is 1. The summed E-state index contributed by atoms with van der Waals surface area (Å²) in [5.74, 6) is -0.316. The number of aromatic nitrogens is 2. The fraction of sp³-hybridized carbons (Fsp3) is 0.667. The Kier molecular flexibility index (Phi) is 4.42. The number of amides is 2. The number of ether oxygens (including phenoxy) is 1. The summed E-state index contributed by atoms with van der Waals surface area (Å²) in [5.41, 5.74) is 0.675. The minimum atomic E-state index is -0.245. The highest BCUT2D eigenvalue weighted by atomic mass is 16.5. The molecule has 3 rings (SSSR count). The zero-order chi connectivity index (χ0) is 15.5. The lowest BCUT2D eigenvalue weighted by Gasteiger charge is -2.27. The van der Waals surface area contributed by atoms with Gasteiger partial charge in [0.15, 0.2) is 0 Å². The number of likely N-dealkylation sites (tertiary alicyclic amines) is 1. The molecule has 7 heteroatoms. The van der Waals surface area contributed by atoms with Crippen LogP contribution in [0.15, 0.2) is 12.4 Å². The number of anilines is 1. The Labute approximate surface area is 129 Å². The van der Waals surface area contributed by atoms with Crippen LogP contribution in [0.3, 0.4) is 0 Å². The molecule has 2 aliphatic rings. The van der Waals surface area contributed by atoms with E-state index in [2.05, 4.69) is 10.4 Å². The van der Waals surface area contributed by atoms with Crippen molar-refractivity contribution in [1.82, 2.24) is 14.7 Å². The Morgan fingerprint density at radius 2 is 2.36 bits per heavy atom. The van der Waals surface area contributed by atoms with Crippen molar-refractivity contribution in [2.75, 3.05) is 25.5 Å². The van der Waals surface area contributed by atoms with Crippen molar-refractivity contribution >= 4 is 17.5 Å². The van der Waals surface area contributed by atoms with Gasteiger partial charge in [-0.3, -0.25) is 14.3 Å². The molecule has 22 heavy (non-hydrogen) atoms. The first-order valence-electron chi connectivity index (χ1n) is 7.80. The average molecular weight is 306 g/mol. The second-order valence-corrected chi connectivity index (χ2v) is 6.08. The molecule has 0 aliphatic carbocycles. The van der Waals surface area contributed by atoms with Crippen LogP contribution in [0.2, 0.25) is 0 Å². The van der Waals surface area contributed by atoms with Gasteiger partial charge >= 0.3 is 0 Å². The average Bonchev–Trinajstić information content (AvgIpc) is 3.14. The van der Waals surface area contributed by atoms with E-state index in [9.17, 15) is 9.59 Å². The van der Waals surface area contributed by atoms with Crippen molar-refractivity contribution in [3.63, 3.8) is 0 Å². The Hall–Kier alpha value is -1.89. The van der Waals surface area contributed by atoms with Gasteiger partial charge in [0.25, 0.3) is 0 Å². The fourth-order valence-corrected chi connectivity index (χ4v) is 2.94. The van der Waals surface area contributed by atoms with Crippen molar-refractivity contribution in [1.29, 1.82) is 0 Å². The lowest BCUT2D eigenvalue weighted by molar-refractivity contribution is -0.137. The molecule has 0 saturated carbocycles. The third kappa shape index (κ3) is 3.47. The van der Waals surface area contributed by atoms with Crippen LogP contribution in [0, 0.1) is 5.92 Å². The van der Waals surface area contributed by atoms with Gasteiger partial charge in [-0.05, 0) is 19.3 Å². The Bertz CT molecular complexity index is 551. The van der Waals surface area contributed by atoms with E-state index in [0.717, 1.165) is 19.4 Å². The molecule has 1 aromatic rings. The Morgan fingerprint density at radius 1 is 1.50 bits per heavy atom. The molecule has 1 aromatic heterocycles. The molecule has 0 aromatic carbocycles. The monoisotopic (exact) mass is 306 g/mol. The predicted octanol–water partition coefficient (Wildman–Crippen LogP) is 0.869. The van der Waals surface area contributed by atoms with E-state index in [-0.39, 0.29) is 30.3 Å². The maximum atomic E-state index is 12.2. The highest BCUT2D eigenvalue weighted by Crippen LogP contribution is 2.20. The van der Waals surface area contributed by atoms with Gasteiger partial charge < -0.3 is 15.0 Å². The molecule has 1 N–H and O–H groups in total. The largest absolute Gasteiger partial charge is 0.376 e. The number of nitrogens with one attached hydrogen (secondary N) is 1. The topological polar surface area (TPSA) is 76.5 Å². The maximum Gasteiger partial charge on any atom is 0.228 e. The van der Waals surface area contributed by atoms with E-state index < -0.39 is 0 Å². The molecule has 2 amide bonds. The summed E-state index contributed by atoms with van der Waals surface area (Å²) < 4.78 is 7.37. The van der Waals surface area contributed by atoms with Crippen molar-refractivity contribution in [2.24, 2.45) is 5.92 Å². The summed E-state index contributed by atoms with van der Waals surface area (Å²) in [6.07, 6.45) is 6.82. The second-order valence-electron chi connectivity index (χ2n) is 6.08. The van der Waals surface area contributed by atoms with Gasteiger partial charge in [-0.2, -0.15) is 5.10 Å². The van der Waals surface area contributed by atoms with E-state index in [1.165, 1.54) is 0 Å². The molecule has 2 saturated heterocycles. The van der Waals surface area contributed by atoms with Gasteiger partial charge in [0, 0.05) is 38.7 Å². The summed E-state index contributed by atoms with van der Waals surface area (Å²) >= 11 is 0. The Balaban J connectivity index is 1.53. The lowest BCUT2D eigenvalue weighted by Crippen LogP contribution is -2.39. The zero-order valence-corrected chi connectivity index (χ0v) is 12.8. The lowest BCUT2D eigenvalue weighted by atomic mass is 9.95. The number of carbonyl (C=O) groups is 2. The van der Waals surface area contributed by atoms with E-state index in [1.807, 2.05) is 6.20 Å². The zero-order valence-electron chi connectivity index (χ0n) is 12.8. The smallest absolute Gasteiger partial charge is 0.228 e. The molecule has 2 atom stereocenters. The molecular weight excluding hydrogens is 284 g/mol. The number of piperidine rings is 1. The first-order chi connectivity index (χ1) is 10.6. The second kappa shape index (κ2) is 6.48. The first kappa shape index (κ1) is 15.0. The van der Waals surface area contributed by atoms with Gasteiger partial charge in [-0.1, -0.05) is 0 Å². The highest BCUT2D eigenvalue weighted by molar-refractivity contribution is 5.95. The Morgan fingerprint density at radius 3 is 3.09 bits per heavy atom. The summed E-state index contributed by atoms with van der Waals surface area (Å²) in [4.78, 5) is 25.6. The van der Waals surface area contributed by atoms with Crippen LogP contribution in [0.1, 0.15) is 25.7 Å². The van der Waals surface area contributed by atoms with Crippen molar-refractivity contribution in [2.45, 2.75) is 38.3 Å². The molecule has 2 aliphatic heterocycles. The first-order valence-corrected chi connectivity index (χ1v) is 7.80. The van der Waals surface area contributed by atoms with Gasteiger partial charge in [-0.25, -0.2) is 0 Å². The summed E-state index contributed by atoms with van der Waals surface area (Å²) in [5, 5.41) is 7.11. The normalized spacial score (nSPS) is 25.5. The van der Waals surface area contributed by atoms with E-state index in [4.69, 9.17) is 4.74 Å².